The minimum absolute atomic E-state index is 0.183. The van der Waals surface area contributed by atoms with Crippen LogP contribution in [0.25, 0.3) is 0 Å². The third-order valence-corrected chi connectivity index (χ3v) is 4.00. The van der Waals surface area contributed by atoms with Crippen molar-refractivity contribution in [3.63, 3.8) is 0 Å². The van der Waals surface area contributed by atoms with E-state index in [-0.39, 0.29) is 5.92 Å². The molecule has 1 aliphatic rings. The topological polar surface area (TPSA) is 59.0 Å². The molecule has 0 aromatic heterocycles. The zero-order chi connectivity index (χ0) is 15.2. The average molecular weight is 293 g/mol. The molecule has 0 amide bonds. The molecule has 0 bridgehead atoms. The summed E-state index contributed by atoms with van der Waals surface area (Å²) in [6.45, 7) is 3.89. The lowest BCUT2D eigenvalue weighted by Gasteiger charge is -2.37. The lowest BCUT2D eigenvalue weighted by atomic mass is 9.91. The highest BCUT2D eigenvalue weighted by atomic mass is 16.5. The molecular formula is C16H23NO4. The zero-order valence-electron chi connectivity index (χ0n) is 12.6. The molecule has 1 aromatic rings. The van der Waals surface area contributed by atoms with E-state index >= 15 is 0 Å². The van der Waals surface area contributed by atoms with E-state index in [0.717, 1.165) is 19.4 Å². The van der Waals surface area contributed by atoms with Crippen LogP contribution in [0.4, 0.5) is 0 Å². The largest absolute Gasteiger partial charge is 0.493 e. The van der Waals surface area contributed by atoms with Crippen LogP contribution >= 0.6 is 0 Å². The fraction of sp³-hybridized carbons (Fsp3) is 0.562. The minimum Gasteiger partial charge on any atom is -0.493 e. The van der Waals surface area contributed by atoms with Crippen LogP contribution in [0.5, 0.6) is 11.5 Å². The Hall–Kier alpha value is -1.75. The third-order valence-electron chi connectivity index (χ3n) is 4.00. The van der Waals surface area contributed by atoms with Crippen LogP contribution in [0.3, 0.4) is 0 Å². The van der Waals surface area contributed by atoms with Crippen molar-refractivity contribution in [2.75, 3.05) is 26.8 Å². The summed E-state index contributed by atoms with van der Waals surface area (Å²) < 4.78 is 11.0. The van der Waals surface area contributed by atoms with Crippen LogP contribution in [-0.4, -0.2) is 48.8 Å². The molecule has 0 aliphatic carbocycles. The summed E-state index contributed by atoms with van der Waals surface area (Å²) >= 11 is 0. The molecule has 2 atom stereocenters. The number of para-hydroxylation sites is 2. The van der Waals surface area contributed by atoms with Crippen LogP contribution in [0.2, 0.25) is 0 Å². The molecule has 0 spiro atoms. The highest BCUT2D eigenvalue weighted by molar-refractivity contribution is 5.74. The Morgan fingerprint density at radius 3 is 2.76 bits per heavy atom. The van der Waals surface area contributed by atoms with E-state index in [0.29, 0.717) is 24.7 Å². The van der Waals surface area contributed by atoms with Gasteiger partial charge in [-0.2, -0.15) is 0 Å². The van der Waals surface area contributed by atoms with E-state index in [2.05, 4.69) is 0 Å². The number of rotatable bonds is 6. The number of aliphatic carboxylic acids is 1. The molecule has 0 radical (unpaired) electrons. The Bertz CT molecular complexity index is 477. The highest BCUT2D eigenvalue weighted by Crippen LogP contribution is 2.26. The second-order valence-corrected chi connectivity index (χ2v) is 5.44. The van der Waals surface area contributed by atoms with Gasteiger partial charge in [0.15, 0.2) is 11.5 Å². The van der Waals surface area contributed by atoms with Gasteiger partial charge in [0.05, 0.1) is 7.11 Å². The van der Waals surface area contributed by atoms with Gasteiger partial charge in [-0.25, -0.2) is 0 Å². The number of hydrogen-bond acceptors (Lipinski definition) is 4. The van der Waals surface area contributed by atoms with E-state index < -0.39 is 12.0 Å². The first-order valence-electron chi connectivity index (χ1n) is 7.36. The van der Waals surface area contributed by atoms with E-state index in [1.54, 1.807) is 7.11 Å². The van der Waals surface area contributed by atoms with Crippen LogP contribution in [0, 0.1) is 5.92 Å². The standard InChI is InChI=1S/C16H23NO4/c1-12-6-5-9-17(15(12)16(18)19)10-11-21-14-8-4-3-7-13(14)20-2/h3-4,7-8,12,15H,5-6,9-11H2,1-2H3,(H,18,19). The average Bonchev–Trinajstić information content (AvgIpc) is 2.47. The van der Waals surface area contributed by atoms with Crippen molar-refractivity contribution < 1.29 is 19.4 Å². The summed E-state index contributed by atoms with van der Waals surface area (Å²) in [6.07, 6.45) is 2.01. The van der Waals surface area contributed by atoms with Crippen molar-refractivity contribution in [3.8, 4) is 11.5 Å². The van der Waals surface area contributed by atoms with Crippen molar-refractivity contribution in [1.82, 2.24) is 4.90 Å². The Morgan fingerprint density at radius 2 is 2.10 bits per heavy atom. The molecule has 21 heavy (non-hydrogen) atoms. The number of nitrogens with zero attached hydrogens (tertiary/aromatic N) is 1. The molecule has 2 rings (SSSR count). The van der Waals surface area contributed by atoms with Crippen LogP contribution in [-0.2, 0) is 4.79 Å². The van der Waals surface area contributed by atoms with Crippen LogP contribution in [0.1, 0.15) is 19.8 Å². The number of methoxy groups -OCH3 is 1. The summed E-state index contributed by atoms with van der Waals surface area (Å²) in [5.41, 5.74) is 0. The lowest BCUT2D eigenvalue weighted by molar-refractivity contribution is -0.147. The van der Waals surface area contributed by atoms with Crippen LogP contribution < -0.4 is 9.47 Å². The molecule has 116 valence electrons. The second-order valence-electron chi connectivity index (χ2n) is 5.44. The maximum Gasteiger partial charge on any atom is 0.321 e. The maximum atomic E-state index is 11.4. The van der Waals surface area contributed by atoms with Gasteiger partial charge in [0.2, 0.25) is 0 Å². The number of carbonyl (C=O) groups is 1. The first-order valence-corrected chi connectivity index (χ1v) is 7.36. The van der Waals surface area contributed by atoms with E-state index in [9.17, 15) is 9.90 Å². The van der Waals surface area contributed by atoms with Gasteiger partial charge < -0.3 is 14.6 Å². The number of benzene rings is 1. The molecule has 1 fully saturated rings. The Morgan fingerprint density at radius 1 is 1.38 bits per heavy atom. The van der Waals surface area contributed by atoms with Gasteiger partial charge in [-0.15, -0.1) is 0 Å². The number of likely N-dealkylation sites (tertiary alicyclic amines) is 1. The van der Waals surface area contributed by atoms with E-state index in [1.165, 1.54) is 0 Å². The van der Waals surface area contributed by atoms with Gasteiger partial charge in [-0.05, 0) is 37.4 Å². The van der Waals surface area contributed by atoms with Crippen molar-refractivity contribution in [2.45, 2.75) is 25.8 Å². The molecule has 1 heterocycles. The van der Waals surface area contributed by atoms with Crippen molar-refractivity contribution in [3.05, 3.63) is 24.3 Å². The summed E-state index contributed by atoms with van der Waals surface area (Å²) in [6, 6.07) is 7.07. The number of carboxylic acid groups (broad SMARTS) is 1. The molecule has 5 nitrogen and oxygen atoms in total. The maximum absolute atomic E-state index is 11.4. The predicted molar refractivity (Wildman–Crippen MR) is 79.9 cm³/mol. The quantitative estimate of drug-likeness (QED) is 0.872. The highest BCUT2D eigenvalue weighted by Gasteiger charge is 2.33. The number of carboxylic acids is 1. The number of hydrogen-bond donors (Lipinski definition) is 1. The summed E-state index contributed by atoms with van der Waals surface area (Å²) in [7, 11) is 1.61. The van der Waals surface area contributed by atoms with Gasteiger partial charge in [0.1, 0.15) is 12.6 Å². The third kappa shape index (κ3) is 3.88. The summed E-state index contributed by atoms with van der Waals surface area (Å²) in [5.74, 6) is 0.832. The molecule has 1 aromatic carbocycles. The molecular weight excluding hydrogens is 270 g/mol. The van der Waals surface area contributed by atoms with Crippen LogP contribution in [0.15, 0.2) is 24.3 Å². The fourth-order valence-corrected chi connectivity index (χ4v) is 2.93. The Labute approximate surface area is 125 Å². The van der Waals surface area contributed by atoms with Gasteiger partial charge >= 0.3 is 5.97 Å². The monoisotopic (exact) mass is 293 g/mol. The summed E-state index contributed by atoms with van der Waals surface area (Å²) in [4.78, 5) is 13.4. The molecule has 0 saturated carbocycles. The number of ether oxygens (including phenoxy) is 2. The fourth-order valence-electron chi connectivity index (χ4n) is 2.93. The van der Waals surface area contributed by atoms with Crippen molar-refractivity contribution in [2.24, 2.45) is 5.92 Å². The lowest BCUT2D eigenvalue weighted by Crippen LogP contribution is -2.50. The second kappa shape index (κ2) is 7.31. The Kier molecular flexibility index (Phi) is 5.44. The molecule has 1 saturated heterocycles. The minimum atomic E-state index is -0.737. The Balaban J connectivity index is 1.91. The molecule has 5 heteroatoms. The normalized spacial score (nSPS) is 22.8. The van der Waals surface area contributed by atoms with Crippen molar-refractivity contribution >= 4 is 5.97 Å². The van der Waals surface area contributed by atoms with Gasteiger partial charge in [0.25, 0.3) is 0 Å². The van der Waals surface area contributed by atoms with Gasteiger partial charge in [0, 0.05) is 6.54 Å². The smallest absolute Gasteiger partial charge is 0.321 e. The molecule has 1 aliphatic heterocycles. The predicted octanol–water partition coefficient (Wildman–Crippen LogP) is 2.26. The van der Waals surface area contributed by atoms with Gasteiger partial charge in [-0.1, -0.05) is 19.1 Å². The zero-order valence-corrected chi connectivity index (χ0v) is 12.6. The number of piperidine rings is 1. The van der Waals surface area contributed by atoms with Gasteiger partial charge in [-0.3, -0.25) is 9.69 Å². The molecule has 1 N–H and O–H groups in total. The van der Waals surface area contributed by atoms with E-state index in [4.69, 9.17) is 9.47 Å². The van der Waals surface area contributed by atoms with Crippen molar-refractivity contribution in [1.29, 1.82) is 0 Å². The molecule has 2 unspecified atom stereocenters. The SMILES string of the molecule is COc1ccccc1OCCN1CCCC(C)C1C(=O)O. The summed E-state index contributed by atoms with van der Waals surface area (Å²) in [5, 5.41) is 9.38. The first-order chi connectivity index (χ1) is 10.1. The first kappa shape index (κ1) is 15.6. The van der Waals surface area contributed by atoms with E-state index in [1.807, 2.05) is 36.1 Å².